The fourth-order valence-corrected chi connectivity index (χ4v) is 2.71. The van der Waals surface area contributed by atoms with Crippen LogP contribution in [0.2, 0.25) is 0 Å². The predicted molar refractivity (Wildman–Crippen MR) is 77.3 cm³/mol. The zero-order chi connectivity index (χ0) is 13.9. The zero-order valence-corrected chi connectivity index (χ0v) is 11.1. The lowest BCUT2D eigenvalue weighted by Gasteiger charge is -2.24. The van der Waals surface area contributed by atoms with Crippen molar-refractivity contribution in [2.24, 2.45) is 0 Å². The lowest BCUT2D eigenvalue weighted by Crippen LogP contribution is -2.39. The van der Waals surface area contributed by atoms with Gasteiger partial charge in [-0.1, -0.05) is 24.3 Å². The van der Waals surface area contributed by atoms with Gasteiger partial charge in [-0.15, -0.1) is 0 Å². The Labute approximate surface area is 117 Å². The lowest BCUT2D eigenvalue weighted by molar-refractivity contribution is 0.0291. The van der Waals surface area contributed by atoms with E-state index < -0.39 is 0 Å². The molecular formula is C16H17NO3. The number of benzene rings is 2. The highest BCUT2D eigenvalue weighted by Gasteiger charge is 2.19. The molecule has 1 aliphatic rings. The number of aldehydes is 1. The zero-order valence-electron chi connectivity index (χ0n) is 11.1. The number of hydrogen-bond acceptors (Lipinski definition) is 4. The Morgan fingerprint density at radius 1 is 1.40 bits per heavy atom. The average Bonchev–Trinajstić information content (AvgIpc) is 2.51. The normalized spacial score (nSPS) is 19.1. The molecule has 1 fully saturated rings. The van der Waals surface area contributed by atoms with Crippen LogP contribution in [0.1, 0.15) is 15.9 Å². The van der Waals surface area contributed by atoms with Crippen molar-refractivity contribution < 1.29 is 14.6 Å². The quantitative estimate of drug-likeness (QED) is 0.837. The minimum Gasteiger partial charge on any atom is -0.507 e. The van der Waals surface area contributed by atoms with Gasteiger partial charge in [0.25, 0.3) is 0 Å². The van der Waals surface area contributed by atoms with Crippen LogP contribution >= 0.6 is 0 Å². The predicted octanol–water partition coefficient (Wildman–Crippen LogP) is 1.89. The van der Waals surface area contributed by atoms with Gasteiger partial charge in [0.2, 0.25) is 0 Å². The second kappa shape index (κ2) is 5.61. The molecule has 2 aromatic carbocycles. The van der Waals surface area contributed by atoms with Crippen molar-refractivity contribution >= 4 is 17.1 Å². The molecule has 0 bridgehead atoms. The van der Waals surface area contributed by atoms with E-state index in [1.807, 2.05) is 24.3 Å². The van der Waals surface area contributed by atoms with Gasteiger partial charge in [-0.3, -0.25) is 4.79 Å². The van der Waals surface area contributed by atoms with Crippen molar-refractivity contribution in [3.63, 3.8) is 0 Å². The minimum absolute atomic E-state index is 0.0277. The second-order valence-electron chi connectivity index (χ2n) is 5.03. The molecule has 0 aliphatic carbocycles. The molecule has 0 spiro atoms. The first-order valence-corrected chi connectivity index (χ1v) is 6.80. The van der Waals surface area contributed by atoms with Crippen LogP contribution < -0.4 is 5.32 Å². The molecule has 2 aromatic rings. The van der Waals surface area contributed by atoms with Gasteiger partial charge in [0.1, 0.15) is 5.75 Å². The van der Waals surface area contributed by atoms with E-state index in [0.29, 0.717) is 24.9 Å². The third-order valence-electron chi connectivity index (χ3n) is 3.72. The molecule has 1 saturated heterocycles. The summed E-state index contributed by atoms with van der Waals surface area (Å²) in [6.45, 7) is 2.30. The maximum Gasteiger partial charge on any atom is 0.153 e. The molecule has 2 N–H and O–H groups in total. The van der Waals surface area contributed by atoms with E-state index in [2.05, 4.69) is 5.32 Å². The number of ether oxygens (including phenoxy) is 1. The molecule has 1 aliphatic heterocycles. The van der Waals surface area contributed by atoms with Crippen LogP contribution in [0.3, 0.4) is 0 Å². The van der Waals surface area contributed by atoms with E-state index in [9.17, 15) is 9.90 Å². The number of hydrogen-bond donors (Lipinski definition) is 2. The molecule has 1 atom stereocenters. The molecule has 4 nitrogen and oxygen atoms in total. The molecule has 104 valence electrons. The summed E-state index contributed by atoms with van der Waals surface area (Å²) in [5.41, 5.74) is 1.13. The average molecular weight is 271 g/mol. The summed E-state index contributed by atoms with van der Waals surface area (Å²) in [5.74, 6) is 0.0767. The number of phenolic OH excluding ortho intramolecular Hbond substituents is 1. The Bertz CT molecular complexity index is 633. The fourth-order valence-electron chi connectivity index (χ4n) is 2.71. The third-order valence-corrected chi connectivity index (χ3v) is 3.72. The number of rotatable bonds is 3. The molecule has 0 radical (unpaired) electrons. The van der Waals surface area contributed by atoms with E-state index in [1.165, 1.54) is 0 Å². The monoisotopic (exact) mass is 271 g/mol. The van der Waals surface area contributed by atoms with Crippen LogP contribution in [0, 0.1) is 0 Å². The molecule has 20 heavy (non-hydrogen) atoms. The summed E-state index contributed by atoms with van der Waals surface area (Å²) in [6.07, 6.45) is 1.33. The molecule has 0 amide bonds. The van der Waals surface area contributed by atoms with E-state index >= 15 is 0 Å². The molecule has 1 heterocycles. The van der Waals surface area contributed by atoms with Crippen LogP contribution in [0.15, 0.2) is 30.3 Å². The largest absolute Gasteiger partial charge is 0.507 e. The van der Waals surface area contributed by atoms with Crippen LogP contribution in [0.5, 0.6) is 5.75 Å². The SMILES string of the molecule is O=Cc1cc2ccccc2c(CC2CNCCO2)c1O. The van der Waals surface area contributed by atoms with Crippen LogP contribution in [0.4, 0.5) is 0 Å². The van der Waals surface area contributed by atoms with Gasteiger partial charge in [0.05, 0.1) is 18.3 Å². The topological polar surface area (TPSA) is 58.6 Å². The van der Waals surface area contributed by atoms with Crippen molar-refractivity contribution in [3.8, 4) is 5.75 Å². The van der Waals surface area contributed by atoms with Crippen LogP contribution in [0.25, 0.3) is 10.8 Å². The van der Waals surface area contributed by atoms with Gasteiger partial charge in [0, 0.05) is 25.1 Å². The van der Waals surface area contributed by atoms with Gasteiger partial charge < -0.3 is 15.2 Å². The van der Waals surface area contributed by atoms with E-state index in [0.717, 1.165) is 29.4 Å². The fraction of sp³-hybridized carbons (Fsp3) is 0.312. The number of fused-ring (bicyclic) bond motifs is 1. The van der Waals surface area contributed by atoms with Crippen LogP contribution in [-0.4, -0.2) is 37.2 Å². The Hall–Kier alpha value is -1.91. The summed E-state index contributed by atoms with van der Waals surface area (Å²) >= 11 is 0. The van der Waals surface area contributed by atoms with Crippen molar-refractivity contribution in [1.29, 1.82) is 0 Å². The maximum absolute atomic E-state index is 11.1. The highest BCUT2D eigenvalue weighted by atomic mass is 16.5. The van der Waals surface area contributed by atoms with E-state index in [-0.39, 0.29) is 11.9 Å². The Morgan fingerprint density at radius 3 is 3.00 bits per heavy atom. The summed E-state index contributed by atoms with van der Waals surface area (Å²) in [5, 5.41) is 15.5. The van der Waals surface area contributed by atoms with Crippen molar-refractivity contribution in [2.45, 2.75) is 12.5 Å². The van der Waals surface area contributed by atoms with Crippen molar-refractivity contribution in [2.75, 3.05) is 19.7 Å². The Kier molecular flexibility index (Phi) is 3.67. The van der Waals surface area contributed by atoms with Gasteiger partial charge in [-0.2, -0.15) is 0 Å². The number of carbonyl (C=O) groups is 1. The van der Waals surface area contributed by atoms with Gasteiger partial charge in [-0.25, -0.2) is 0 Å². The Balaban J connectivity index is 2.06. The number of carbonyl (C=O) groups excluding carboxylic acids is 1. The number of morpholine rings is 1. The summed E-state index contributed by atoms with van der Waals surface area (Å²) in [4.78, 5) is 11.1. The molecule has 3 rings (SSSR count). The van der Waals surface area contributed by atoms with Crippen molar-refractivity contribution in [3.05, 3.63) is 41.5 Å². The lowest BCUT2D eigenvalue weighted by atomic mass is 9.95. The summed E-state index contributed by atoms with van der Waals surface area (Å²) < 4.78 is 5.70. The summed E-state index contributed by atoms with van der Waals surface area (Å²) in [6, 6.07) is 9.50. The third kappa shape index (κ3) is 2.40. The van der Waals surface area contributed by atoms with Gasteiger partial charge in [0.15, 0.2) is 6.29 Å². The summed E-state index contributed by atoms with van der Waals surface area (Å²) in [7, 11) is 0. The number of phenols is 1. The number of nitrogens with one attached hydrogen (secondary N) is 1. The standard InChI is InChI=1S/C16H17NO3/c18-10-12-7-11-3-1-2-4-14(11)15(16(12)19)8-13-9-17-5-6-20-13/h1-4,7,10,13,17,19H,5-6,8-9H2. The van der Waals surface area contributed by atoms with Crippen LogP contribution in [-0.2, 0) is 11.2 Å². The molecule has 4 heteroatoms. The van der Waals surface area contributed by atoms with Gasteiger partial charge in [-0.05, 0) is 16.8 Å². The highest BCUT2D eigenvalue weighted by Crippen LogP contribution is 2.32. The Morgan fingerprint density at radius 2 is 2.25 bits per heavy atom. The van der Waals surface area contributed by atoms with Crippen molar-refractivity contribution in [1.82, 2.24) is 5.32 Å². The molecular weight excluding hydrogens is 254 g/mol. The van der Waals surface area contributed by atoms with E-state index in [1.54, 1.807) is 6.07 Å². The van der Waals surface area contributed by atoms with Gasteiger partial charge >= 0.3 is 0 Å². The van der Waals surface area contributed by atoms with E-state index in [4.69, 9.17) is 4.74 Å². The maximum atomic E-state index is 11.1. The first kappa shape index (κ1) is 13.1. The molecule has 0 aromatic heterocycles. The molecule has 1 unspecified atom stereocenters. The molecule has 0 saturated carbocycles. The second-order valence-corrected chi connectivity index (χ2v) is 5.03. The smallest absolute Gasteiger partial charge is 0.153 e. The first-order chi connectivity index (χ1) is 9.79. The minimum atomic E-state index is 0.0277. The number of aromatic hydroxyl groups is 1. The highest BCUT2D eigenvalue weighted by molar-refractivity contribution is 5.95. The first-order valence-electron chi connectivity index (χ1n) is 6.80.